The SMILES string of the molecule is COc1ccc(C=NNC(=O)c2cc(-c3ccc(OCCc4ccccc4)cc3)n[nH]2)cc1OC. The summed E-state index contributed by atoms with van der Waals surface area (Å²) < 4.78 is 16.3. The number of aromatic nitrogens is 2. The summed E-state index contributed by atoms with van der Waals surface area (Å²) in [6.45, 7) is 0.597. The second kappa shape index (κ2) is 11.5. The summed E-state index contributed by atoms with van der Waals surface area (Å²) in [7, 11) is 3.13. The number of nitrogens with zero attached hydrogens (tertiary/aromatic N) is 2. The molecule has 0 unspecified atom stereocenters. The summed E-state index contributed by atoms with van der Waals surface area (Å²) in [6.07, 6.45) is 2.36. The van der Waals surface area contributed by atoms with Gasteiger partial charge in [0.1, 0.15) is 11.4 Å². The predicted octanol–water partition coefficient (Wildman–Crippen LogP) is 4.48. The fourth-order valence-electron chi connectivity index (χ4n) is 3.40. The number of ether oxygens (including phenoxy) is 3. The molecule has 3 aromatic carbocycles. The number of rotatable bonds is 10. The minimum atomic E-state index is -0.402. The van der Waals surface area contributed by atoms with Gasteiger partial charge in [0, 0.05) is 12.0 Å². The van der Waals surface area contributed by atoms with Gasteiger partial charge in [-0.15, -0.1) is 0 Å². The summed E-state index contributed by atoms with van der Waals surface area (Å²) in [5.41, 5.74) is 6.29. The molecule has 0 saturated heterocycles. The van der Waals surface area contributed by atoms with Crippen molar-refractivity contribution in [2.24, 2.45) is 5.10 Å². The molecule has 35 heavy (non-hydrogen) atoms. The van der Waals surface area contributed by atoms with E-state index in [1.54, 1.807) is 38.5 Å². The molecule has 8 nitrogen and oxygen atoms in total. The summed E-state index contributed by atoms with van der Waals surface area (Å²) in [5.74, 6) is 1.57. The molecule has 0 atom stereocenters. The molecule has 0 aliphatic heterocycles. The molecule has 1 amide bonds. The zero-order valence-corrected chi connectivity index (χ0v) is 19.5. The van der Waals surface area contributed by atoms with Gasteiger partial charge in [-0.05, 0) is 59.7 Å². The van der Waals surface area contributed by atoms with Crippen molar-refractivity contribution in [3.8, 4) is 28.5 Å². The minimum absolute atomic E-state index is 0.299. The number of carbonyl (C=O) groups is 1. The van der Waals surface area contributed by atoms with Crippen LogP contribution in [0.2, 0.25) is 0 Å². The van der Waals surface area contributed by atoms with Gasteiger partial charge in [0.15, 0.2) is 11.5 Å². The monoisotopic (exact) mass is 470 g/mol. The summed E-state index contributed by atoms with van der Waals surface area (Å²) in [6, 6.07) is 24.8. The molecule has 0 saturated carbocycles. The Morgan fingerprint density at radius 2 is 1.74 bits per heavy atom. The molecular weight excluding hydrogens is 444 g/mol. The Hall–Kier alpha value is -4.59. The topological polar surface area (TPSA) is 97.8 Å². The first kappa shape index (κ1) is 23.6. The van der Waals surface area contributed by atoms with Crippen molar-refractivity contribution in [2.45, 2.75) is 6.42 Å². The van der Waals surface area contributed by atoms with Crippen LogP contribution in [0.25, 0.3) is 11.3 Å². The molecule has 0 bridgehead atoms. The maximum absolute atomic E-state index is 12.4. The van der Waals surface area contributed by atoms with Gasteiger partial charge in [0.2, 0.25) is 0 Å². The van der Waals surface area contributed by atoms with Crippen LogP contribution in [0.1, 0.15) is 21.6 Å². The molecule has 0 radical (unpaired) electrons. The van der Waals surface area contributed by atoms with Crippen LogP contribution >= 0.6 is 0 Å². The highest BCUT2D eigenvalue weighted by atomic mass is 16.5. The van der Waals surface area contributed by atoms with Crippen LogP contribution in [0.5, 0.6) is 17.2 Å². The maximum atomic E-state index is 12.4. The Morgan fingerprint density at radius 1 is 0.971 bits per heavy atom. The number of hydrogen-bond acceptors (Lipinski definition) is 6. The van der Waals surface area contributed by atoms with E-state index >= 15 is 0 Å². The smallest absolute Gasteiger partial charge is 0.289 e. The van der Waals surface area contributed by atoms with Crippen molar-refractivity contribution < 1.29 is 19.0 Å². The standard InChI is InChI=1S/C27H26N4O4/c1-33-25-13-8-20(16-26(25)34-2)18-28-31-27(32)24-17-23(29-30-24)21-9-11-22(12-10-21)35-15-14-19-6-4-3-5-7-19/h3-13,16-18H,14-15H2,1-2H3,(H,29,30)(H,31,32). The maximum Gasteiger partial charge on any atom is 0.289 e. The molecule has 178 valence electrons. The average Bonchev–Trinajstić information content (AvgIpc) is 3.40. The Labute approximate surface area is 203 Å². The van der Waals surface area contributed by atoms with Crippen LogP contribution in [0.4, 0.5) is 0 Å². The van der Waals surface area contributed by atoms with Crippen molar-refractivity contribution in [2.75, 3.05) is 20.8 Å². The molecule has 4 aromatic rings. The lowest BCUT2D eigenvalue weighted by Crippen LogP contribution is -2.18. The molecule has 0 fully saturated rings. The Bertz CT molecular complexity index is 1280. The number of H-pyrrole nitrogens is 1. The largest absolute Gasteiger partial charge is 0.493 e. The van der Waals surface area contributed by atoms with E-state index in [2.05, 4.69) is 32.9 Å². The zero-order valence-electron chi connectivity index (χ0n) is 19.5. The molecule has 2 N–H and O–H groups in total. The number of carbonyl (C=O) groups excluding carboxylic acids is 1. The van der Waals surface area contributed by atoms with Gasteiger partial charge in [-0.2, -0.15) is 10.2 Å². The third-order valence-corrected chi connectivity index (χ3v) is 5.26. The van der Waals surface area contributed by atoms with Crippen LogP contribution < -0.4 is 19.6 Å². The Balaban J connectivity index is 1.31. The van der Waals surface area contributed by atoms with Crippen LogP contribution in [0.15, 0.2) is 84.0 Å². The molecule has 0 spiro atoms. The number of amides is 1. The Kier molecular flexibility index (Phi) is 7.75. The van der Waals surface area contributed by atoms with E-state index in [4.69, 9.17) is 14.2 Å². The van der Waals surface area contributed by atoms with Gasteiger partial charge < -0.3 is 14.2 Å². The second-order valence-electron chi connectivity index (χ2n) is 7.59. The number of hydrazone groups is 1. The number of methoxy groups -OCH3 is 2. The number of hydrogen-bond donors (Lipinski definition) is 2. The normalized spacial score (nSPS) is 10.8. The Morgan fingerprint density at radius 3 is 2.49 bits per heavy atom. The van der Waals surface area contributed by atoms with E-state index in [1.807, 2.05) is 42.5 Å². The van der Waals surface area contributed by atoms with Crippen LogP contribution in [-0.2, 0) is 6.42 Å². The minimum Gasteiger partial charge on any atom is -0.493 e. The van der Waals surface area contributed by atoms with E-state index in [0.717, 1.165) is 23.3 Å². The third kappa shape index (κ3) is 6.26. The van der Waals surface area contributed by atoms with E-state index in [9.17, 15) is 4.79 Å². The molecule has 0 aliphatic carbocycles. The quantitative estimate of drug-likeness (QED) is 0.263. The van der Waals surface area contributed by atoms with Crippen molar-refractivity contribution in [1.82, 2.24) is 15.6 Å². The molecule has 1 heterocycles. The second-order valence-corrected chi connectivity index (χ2v) is 7.59. The zero-order chi connectivity index (χ0) is 24.5. The lowest BCUT2D eigenvalue weighted by Gasteiger charge is -2.07. The number of benzene rings is 3. The fourth-order valence-corrected chi connectivity index (χ4v) is 3.40. The van der Waals surface area contributed by atoms with Crippen molar-refractivity contribution in [3.63, 3.8) is 0 Å². The van der Waals surface area contributed by atoms with E-state index < -0.39 is 5.91 Å². The van der Waals surface area contributed by atoms with Gasteiger partial charge >= 0.3 is 0 Å². The molecular formula is C27H26N4O4. The van der Waals surface area contributed by atoms with Crippen molar-refractivity contribution in [3.05, 3.63) is 95.7 Å². The van der Waals surface area contributed by atoms with E-state index in [1.165, 1.54) is 11.8 Å². The van der Waals surface area contributed by atoms with Gasteiger partial charge in [-0.3, -0.25) is 9.89 Å². The molecule has 0 aliphatic rings. The first-order valence-electron chi connectivity index (χ1n) is 11.0. The van der Waals surface area contributed by atoms with Gasteiger partial charge in [-0.1, -0.05) is 30.3 Å². The summed E-state index contributed by atoms with van der Waals surface area (Å²) in [4.78, 5) is 12.4. The van der Waals surface area contributed by atoms with Crippen molar-refractivity contribution in [1.29, 1.82) is 0 Å². The number of nitrogens with one attached hydrogen (secondary N) is 2. The number of aromatic amines is 1. The third-order valence-electron chi connectivity index (χ3n) is 5.26. The summed E-state index contributed by atoms with van der Waals surface area (Å²) in [5, 5.41) is 11.0. The van der Waals surface area contributed by atoms with E-state index in [0.29, 0.717) is 29.5 Å². The van der Waals surface area contributed by atoms with Crippen LogP contribution in [0.3, 0.4) is 0 Å². The molecule has 8 heteroatoms. The first-order valence-corrected chi connectivity index (χ1v) is 11.0. The first-order chi connectivity index (χ1) is 17.2. The highest BCUT2D eigenvalue weighted by Gasteiger charge is 2.11. The molecule has 4 rings (SSSR count). The highest BCUT2D eigenvalue weighted by molar-refractivity contribution is 5.94. The summed E-state index contributed by atoms with van der Waals surface area (Å²) >= 11 is 0. The van der Waals surface area contributed by atoms with Gasteiger partial charge in [-0.25, -0.2) is 5.43 Å². The predicted molar refractivity (Wildman–Crippen MR) is 134 cm³/mol. The van der Waals surface area contributed by atoms with Crippen LogP contribution in [0, 0.1) is 0 Å². The van der Waals surface area contributed by atoms with Crippen LogP contribution in [-0.4, -0.2) is 43.1 Å². The van der Waals surface area contributed by atoms with Gasteiger partial charge in [0.25, 0.3) is 5.91 Å². The van der Waals surface area contributed by atoms with E-state index in [-0.39, 0.29) is 0 Å². The molecule has 1 aromatic heterocycles. The van der Waals surface area contributed by atoms with Gasteiger partial charge in [0.05, 0.1) is 32.7 Å². The average molecular weight is 471 g/mol. The fraction of sp³-hybridized carbons (Fsp3) is 0.148. The highest BCUT2D eigenvalue weighted by Crippen LogP contribution is 2.27. The lowest BCUT2D eigenvalue weighted by atomic mass is 10.1. The lowest BCUT2D eigenvalue weighted by molar-refractivity contribution is 0.0950. The van der Waals surface area contributed by atoms with Crippen molar-refractivity contribution >= 4 is 12.1 Å².